The van der Waals surface area contributed by atoms with Gasteiger partial charge < -0.3 is 23.4 Å². The van der Waals surface area contributed by atoms with E-state index in [1.165, 1.54) is 28.4 Å². The van der Waals surface area contributed by atoms with Crippen LogP contribution in [0.25, 0.3) is 21.9 Å². The van der Waals surface area contributed by atoms with E-state index in [0.29, 0.717) is 44.9 Å². The highest BCUT2D eigenvalue weighted by Gasteiger charge is 2.20. The molecule has 1 aromatic heterocycles. The average Bonchev–Trinajstić information content (AvgIpc) is 2.59. The molecule has 0 saturated heterocycles. The number of fused-ring (bicyclic) bond motifs is 2. The van der Waals surface area contributed by atoms with Gasteiger partial charge in [0, 0.05) is 0 Å². The monoisotopic (exact) mass is 316 g/mol. The number of rotatable bonds is 4. The second-order valence-electron chi connectivity index (χ2n) is 4.78. The van der Waals surface area contributed by atoms with Crippen molar-refractivity contribution in [1.29, 1.82) is 0 Å². The summed E-state index contributed by atoms with van der Waals surface area (Å²) in [7, 11) is 6.02. The molecule has 0 saturated carbocycles. The van der Waals surface area contributed by atoms with E-state index in [9.17, 15) is 4.79 Å². The van der Waals surface area contributed by atoms with Crippen LogP contribution in [0.2, 0.25) is 0 Å². The summed E-state index contributed by atoms with van der Waals surface area (Å²) >= 11 is 0. The summed E-state index contributed by atoms with van der Waals surface area (Å²) in [6.07, 6.45) is 0. The van der Waals surface area contributed by atoms with Gasteiger partial charge in [0.25, 0.3) is 0 Å². The zero-order valence-electron chi connectivity index (χ0n) is 13.3. The molecular formula is C17H16O6. The summed E-state index contributed by atoms with van der Waals surface area (Å²) in [5.74, 6) is 1.67. The van der Waals surface area contributed by atoms with Crippen molar-refractivity contribution in [3.8, 4) is 23.0 Å². The van der Waals surface area contributed by atoms with Crippen molar-refractivity contribution in [3.63, 3.8) is 0 Å². The van der Waals surface area contributed by atoms with Gasteiger partial charge in [-0.3, -0.25) is 4.79 Å². The average molecular weight is 316 g/mol. The van der Waals surface area contributed by atoms with Gasteiger partial charge in [0.1, 0.15) is 11.0 Å². The predicted molar refractivity (Wildman–Crippen MR) is 86.2 cm³/mol. The van der Waals surface area contributed by atoms with Gasteiger partial charge in [0.15, 0.2) is 22.8 Å². The van der Waals surface area contributed by atoms with E-state index in [1.807, 2.05) is 0 Å². The first-order valence-electron chi connectivity index (χ1n) is 6.88. The van der Waals surface area contributed by atoms with Gasteiger partial charge in [0.2, 0.25) is 11.2 Å². The van der Waals surface area contributed by atoms with Gasteiger partial charge in [-0.05, 0) is 24.3 Å². The number of benzene rings is 2. The fourth-order valence-corrected chi connectivity index (χ4v) is 2.63. The van der Waals surface area contributed by atoms with Gasteiger partial charge in [-0.1, -0.05) is 0 Å². The Kier molecular flexibility index (Phi) is 3.73. The molecule has 0 unspecified atom stereocenters. The van der Waals surface area contributed by atoms with Crippen molar-refractivity contribution in [1.82, 2.24) is 0 Å². The third-order valence-corrected chi connectivity index (χ3v) is 3.69. The predicted octanol–water partition coefficient (Wildman–Crippen LogP) is 2.98. The minimum Gasteiger partial charge on any atom is -0.493 e. The van der Waals surface area contributed by atoms with Crippen LogP contribution in [0.3, 0.4) is 0 Å². The van der Waals surface area contributed by atoms with Gasteiger partial charge >= 0.3 is 0 Å². The maximum absolute atomic E-state index is 12.9. The van der Waals surface area contributed by atoms with Crippen molar-refractivity contribution >= 4 is 21.9 Å². The Morgan fingerprint density at radius 2 is 1.39 bits per heavy atom. The highest BCUT2D eigenvalue weighted by molar-refractivity contribution is 5.97. The molecule has 0 spiro atoms. The van der Waals surface area contributed by atoms with Crippen molar-refractivity contribution in [2.45, 2.75) is 0 Å². The topological polar surface area (TPSA) is 67.1 Å². The lowest BCUT2D eigenvalue weighted by molar-refractivity contribution is 0.353. The molecule has 0 aliphatic carbocycles. The lowest BCUT2D eigenvalue weighted by Gasteiger charge is -2.13. The summed E-state index contributed by atoms with van der Waals surface area (Å²) in [4.78, 5) is 12.9. The molecule has 3 aromatic rings. The minimum atomic E-state index is -0.224. The molecule has 6 heteroatoms. The molecule has 0 radical (unpaired) electrons. The van der Waals surface area contributed by atoms with Gasteiger partial charge in [0.05, 0.1) is 33.8 Å². The first-order valence-corrected chi connectivity index (χ1v) is 6.88. The van der Waals surface area contributed by atoms with E-state index in [-0.39, 0.29) is 5.43 Å². The third kappa shape index (κ3) is 2.14. The van der Waals surface area contributed by atoms with Crippen LogP contribution in [0.1, 0.15) is 0 Å². The standard InChI is InChI=1S/C17H16O6/c1-19-11-8-7-10-13(16(11)21-3)14(18)9-5-6-12(20-2)17(22-4)15(9)23-10/h5-8H,1-4H3. The summed E-state index contributed by atoms with van der Waals surface area (Å²) < 4.78 is 27.1. The van der Waals surface area contributed by atoms with Crippen molar-refractivity contribution in [2.75, 3.05) is 28.4 Å². The number of methoxy groups -OCH3 is 4. The van der Waals surface area contributed by atoms with Gasteiger partial charge in [-0.15, -0.1) is 0 Å². The minimum absolute atomic E-state index is 0.224. The second kappa shape index (κ2) is 5.72. The highest BCUT2D eigenvalue weighted by atomic mass is 16.5. The molecule has 0 bridgehead atoms. The Balaban J connectivity index is 2.52. The van der Waals surface area contributed by atoms with Gasteiger partial charge in [-0.2, -0.15) is 0 Å². The molecule has 2 aromatic carbocycles. The zero-order chi connectivity index (χ0) is 16.6. The van der Waals surface area contributed by atoms with E-state index in [1.54, 1.807) is 24.3 Å². The largest absolute Gasteiger partial charge is 0.493 e. The van der Waals surface area contributed by atoms with Crippen LogP contribution in [0.5, 0.6) is 23.0 Å². The lowest BCUT2D eigenvalue weighted by Crippen LogP contribution is -2.06. The molecule has 1 heterocycles. The molecule has 0 atom stereocenters. The third-order valence-electron chi connectivity index (χ3n) is 3.69. The maximum atomic E-state index is 12.9. The van der Waals surface area contributed by atoms with E-state index >= 15 is 0 Å². The van der Waals surface area contributed by atoms with Crippen LogP contribution in [-0.4, -0.2) is 28.4 Å². The highest BCUT2D eigenvalue weighted by Crippen LogP contribution is 2.39. The van der Waals surface area contributed by atoms with Crippen LogP contribution in [0.4, 0.5) is 0 Å². The number of hydrogen-bond acceptors (Lipinski definition) is 6. The van der Waals surface area contributed by atoms with Crippen LogP contribution in [0, 0.1) is 0 Å². The molecule has 23 heavy (non-hydrogen) atoms. The summed E-state index contributed by atoms with van der Waals surface area (Å²) in [6.45, 7) is 0. The first-order chi connectivity index (χ1) is 11.2. The molecular weight excluding hydrogens is 300 g/mol. The van der Waals surface area contributed by atoms with Crippen LogP contribution in [0.15, 0.2) is 33.5 Å². The molecule has 0 fully saturated rings. The maximum Gasteiger partial charge on any atom is 0.204 e. The van der Waals surface area contributed by atoms with E-state index in [4.69, 9.17) is 23.4 Å². The molecule has 0 aliphatic rings. The number of ether oxygens (including phenoxy) is 4. The molecule has 120 valence electrons. The molecule has 6 nitrogen and oxygen atoms in total. The quantitative estimate of drug-likeness (QED) is 0.689. The zero-order valence-corrected chi connectivity index (χ0v) is 13.3. The van der Waals surface area contributed by atoms with Crippen molar-refractivity contribution < 1.29 is 23.4 Å². The Labute approximate surface area is 132 Å². The van der Waals surface area contributed by atoms with E-state index in [2.05, 4.69) is 0 Å². The van der Waals surface area contributed by atoms with E-state index in [0.717, 1.165) is 0 Å². The fourth-order valence-electron chi connectivity index (χ4n) is 2.63. The molecule has 0 aliphatic heterocycles. The summed E-state index contributed by atoms with van der Waals surface area (Å²) in [5.41, 5.74) is 0.487. The summed E-state index contributed by atoms with van der Waals surface area (Å²) in [6, 6.07) is 6.65. The van der Waals surface area contributed by atoms with Crippen LogP contribution < -0.4 is 24.4 Å². The fraction of sp³-hybridized carbons (Fsp3) is 0.235. The first kappa shape index (κ1) is 15.0. The molecule has 0 amide bonds. The lowest BCUT2D eigenvalue weighted by atomic mass is 10.1. The van der Waals surface area contributed by atoms with E-state index < -0.39 is 0 Å². The molecule has 3 rings (SSSR count). The summed E-state index contributed by atoms with van der Waals surface area (Å²) in [5, 5.41) is 0.702. The SMILES string of the molecule is COc1ccc2c(=O)c3c(OC)c(OC)ccc3oc2c1OC. The Bertz CT molecular complexity index is 941. The number of hydrogen-bond donors (Lipinski definition) is 0. The van der Waals surface area contributed by atoms with Crippen LogP contribution in [-0.2, 0) is 0 Å². The van der Waals surface area contributed by atoms with Crippen LogP contribution >= 0.6 is 0 Å². The smallest absolute Gasteiger partial charge is 0.204 e. The second-order valence-corrected chi connectivity index (χ2v) is 4.78. The van der Waals surface area contributed by atoms with Crippen molar-refractivity contribution in [3.05, 3.63) is 34.5 Å². The Hall–Kier alpha value is -2.89. The van der Waals surface area contributed by atoms with Gasteiger partial charge in [-0.25, -0.2) is 0 Å². The van der Waals surface area contributed by atoms with Crippen molar-refractivity contribution in [2.24, 2.45) is 0 Å². The Morgan fingerprint density at radius 3 is 2.00 bits per heavy atom. The molecule has 0 N–H and O–H groups in total. The Morgan fingerprint density at radius 1 is 0.783 bits per heavy atom. The normalized spacial score (nSPS) is 10.8.